The number of nitriles is 1. The Morgan fingerprint density at radius 3 is 2.62 bits per heavy atom. The van der Waals surface area contributed by atoms with E-state index in [0.29, 0.717) is 0 Å². The summed E-state index contributed by atoms with van der Waals surface area (Å²) in [5.41, 5.74) is 1.10. The van der Waals surface area contributed by atoms with Crippen LogP contribution in [0.25, 0.3) is 0 Å². The predicted octanol–water partition coefficient (Wildman–Crippen LogP) is 3.06. The van der Waals surface area contributed by atoms with Crippen molar-refractivity contribution < 1.29 is 4.39 Å². The summed E-state index contributed by atoms with van der Waals surface area (Å²) in [4.78, 5) is 2.35. The molecule has 1 fully saturated rings. The Hall–Kier alpha value is -1.12. The van der Waals surface area contributed by atoms with Crippen molar-refractivity contribution in [3.63, 3.8) is 0 Å². The predicted molar refractivity (Wildman–Crippen MR) is 87.6 cm³/mol. The minimum absolute atomic E-state index is 0. The quantitative estimate of drug-likeness (QED) is 0.862. The van der Waals surface area contributed by atoms with E-state index < -0.39 is 5.82 Å². The van der Waals surface area contributed by atoms with Gasteiger partial charge >= 0.3 is 0 Å². The molecule has 0 bridgehead atoms. The molecule has 0 saturated carbocycles. The Morgan fingerprint density at radius 2 is 2.05 bits per heavy atom. The van der Waals surface area contributed by atoms with Crippen molar-refractivity contribution in [2.24, 2.45) is 0 Å². The van der Waals surface area contributed by atoms with Crippen LogP contribution >= 0.6 is 24.8 Å². The van der Waals surface area contributed by atoms with E-state index in [1.165, 1.54) is 6.07 Å². The maximum absolute atomic E-state index is 13.4. The van der Waals surface area contributed by atoms with Crippen LogP contribution in [0.2, 0.25) is 0 Å². The molecule has 6 heteroatoms. The third-order valence-electron chi connectivity index (χ3n) is 3.48. The molecule has 3 nitrogen and oxygen atoms in total. The zero-order valence-electron chi connectivity index (χ0n) is 11.7. The second-order valence-corrected chi connectivity index (χ2v) is 4.68. The summed E-state index contributed by atoms with van der Waals surface area (Å²) in [6, 6.07) is 6.89. The molecule has 21 heavy (non-hydrogen) atoms. The van der Waals surface area contributed by atoms with Gasteiger partial charge in [0, 0.05) is 32.2 Å². The van der Waals surface area contributed by atoms with Crippen LogP contribution in [0.5, 0.6) is 0 Å². The molecular formula is C15H20Cl2FN3. The van der Waals surface area contributed by atoms with Gasteiger partial charge in [0.1, 0.15) is 11.9 Å². The second-order valence-electron chi connectivity index (χ2n) is 4.68. The van der Waals surface area contributed by atoms with Crippen molar-refractivity contribution >= 4 is 24.8 Å². The van der Waals surface area contributed by atoms with Crippen LogP contribution in [0.15, 0.2) is 30.9 Å². The van der Waals surface area contributed by atoms with Crippen molar-refractivity contribution in [3.8, 4) is 6.07 Å². The van der Waals surface area contributed by atoms with E-state index in [4.69, 9.17) is 5.26 Å². The molecule has 0 amide bonds. The highest BCUT2D eigenvalue weighted by Gasteiger charge is 2.21. The molecule has 1 N–H and O–H groups in total. The van der Waals surface area contributed by atoms with E-state index in [9.17, 15) is 4.39 Å². The van der Waals surface area contributed by atoms with Crippen LogP contribution in [0.1, 0.15) is 23.6 Å². The molecular weight excluding hydrogens is 312 g/mol. The largest absolute Gasteiger partial charge is 0.314 e. The summed E-state index contributed by atoms with van der Waals surface area (Å²) in [7, 11) is 0. The summed E-state index contributed by atoms with van der Waals surface area (Å²) >= 11 is 0. The molecule has 116 valence electrons. The zero-order valence-corrected chi connectivity index (χ0v) is 13.4. The lowest BCUT2D eigenvalue weighted by molar-refractivity contribution is 0.174. The first-order valence-electron chi connectivity index (χ1n) is 6.51. The molecule has 0 unspecified atom stereocenters. The molecule has 1 aromatic rings. The Labute approximate surface area is 137 Å². The molecule has 1 aliphatic heterocycles. The first-order chi connectivity index (χ1) is 9.26. The van der Waals surface area contributed by atoms with Crippen LogP contribution in [-0.4, -0.2) is 31.1 Å². The molecule has 1 saturated heterocycles. The van der Waals surface area contributed by atoms with Crippen LogP contribution in [0, 0.1) is 17.1 Å². The Balaban J connectivity index is 0.00000200. The number of piperazine rings is 1. The van der Waals surface area contributed by atoms with Crippen LogP contribution in [0.3, 0.4) is 0 Å². The highest BCUT2D eigenvalue weighted by molar-refractivity contribution is 5.85. The van der Waals surface area contributed by atoms with Gasteiger partial charge < -0.3 is 5.32 Å². The number of benzene rings is 1. The van der Waals surface area contributed by atoms with Crippen molar-refractivity contribution in [2.45, 2.75) is 12.5 Å². The molecule has 0 aliphatic carbocycles. The first-order valence-corrected chi connectivity index (χ1v) is 6.51. The molecule has 0 spiro atoms. The Bertz CT molecular complexity index is 496. The fourth-order valence-corrected chi connectivity index (χ4v) is 2.48. The molecule has 1 heterocycles. The monoisotopic (exact) mass is 331 g/mol. The topological polar surface area (TPSA) is 39.1 Å². The van der Waals surface area contributed by atoms with Gasteiger partial charge in [-0.05, 0) is 24.1 Å². The number of rotatable bonds is 4. The first kappa shape index (κ1) is 19.9. The van der Waals surface area contributed by atoms with Gasteiger partial charge in [0.25, 0.3) is 0 Å². The Morgan fingerprint density at radius 1 is 1.38 bits per heavy atom. The standard InChI is InChI=1S/C15H18FN3.2ClH/c1-2-3-15(19-8-6-18-7-9-19)12-4-5-14(16)13(10-12)11-17;;/h2,4-5,10,15,18H,1,3,6-9H2;2*1H/t15-;;/m0../s1. The summed E-state index contributed by atoms with van der Waals surface area (Å²) in [6.45, 7) is 7.63. The average Bonchev–Trinajstić information content (AvgIpc) is 2.46. The van der Waals surface area contributed by atoms with Crippen LogP contribution in [-0.2, 0) is 0 Å². The lowest BCUT2D eigenvalue weighted by Crippen LogP contribution is -2.45. The minimum Gasteiger partial charge on any atom is -0.314 e. The fraction of sp³-hybridized carbons (Fsp3) is 0.400. The maximum atomic E-state index is 13.4. The lowest BCUT2D eigenvalue weighted by Gasteiger charge is -2.34. The van der Waals surface area contributed by atoms with Gasteiger partial charge in [0.15, 0.2) is 0 Å². The summed E-state index contributed by atoms with van der Waals surface area (Å²) in [6.07, 6.45) is 2.68. The number of hydrogen-bond donors (Lipinski definition) is 1. The van der Waals surface area contributed by atoms with E-state index in [1.807, 2.05) is 12.1 Å². The number of nitrogens with one attached hydrogen (secondary N) is 1. The Kier molecular flexibility index (Phi) is 9.23. The molecule has 0 aromatic heterocycles. The van der Waals surface area contributed by atoms with E-state index >= 15 is 0 Å². The zero-order chi connectivity index (χ0) is 13.7. The maximum Gasteiger partial charge on any atom is 0.140 e. The minimum atomic E-state index is -0.455. The van der Waals surface area contributed by atoms with Gasteiger partial charge in [-0.15, -0.1) is 31.4 Å². The third-order valence-corrected chi connectivity index (χ3v) is 3.48. The van der Waals surface area contributed by atoms with Gasteiger partial charge in [-0.25, -0.2) is 4.39 Å². The second kappa shape index (κ2) is 9.75. The highest BCUT2D eigenvalue weighted by Crippen LogP contribution is 2.26. The lowest BCUT2D eigenvalue weighted by atomic mass is 9.99. The number of nitrogens with zero attached hydrogens (tertiary/aromatic N) is 2. The molecule has 1 atom stereocenters. The van der Waals surface area contributed by atoms with Gasteiger partial charge in [-0.1, -0.05) is 12.1 Å². The van der Waals surface area contributed by atoms with Gasteiger partial charge in [-0.2, -0.15) is 5.26 Å². The SMILES string of the molecule is C=CC[C@@H](c1ccc(F)c(C#N)c1)N1CCNCC1.Cl.Cl. The van der Waals surface area contributed by atoms with E-state index in [1.54, 1.807) is 12.1 Å². The van der Waals surface area contributed by atoms with Gasteiger partial charge in [0.05, 0.1) is 5.56 Å². The summed E-state index contributed by atoms with van der Waals surface area (Å²) < 4.78 is 13.4. The summed E-state index contributed by atoms with van der Waals surface area (Å²) in [5, 5.41) is 12.2. The molecule has 1 aromatic carbocycles. The smallest absolute Gasteiger partial charge is 0.140 e. The molecule has 0 radical (unpaired) electrons. The average molecular weight is 332 g/mol. The van der Waals surface area contributed by atoms with Crippen molar-refractivity contribution in [3.05, 3.63) is 47.8 Å². The third kappa shape index (κ3) is 4.98. The van der Waals surface area contributed by atoms with E-state index in [0.717, 1.165) is 38.2 Å². The van der Waals surface area contributed by atoms with E-state index in [2.05, 4.69) is 16.8 Å². The van der Waals surface area contributed by atoms with Crippen molar-refractivity contribution in [2.75, 3.05) is 26.2 Å². The van der Waals surface area contributed by atoms with Gasteiger partial charge in [-0.3, -0.25) is 4.90 Å². The summed E-state index contributed by atoms with van der Waals surface area (Å²) in [5.74, 6) is -0.455. The molecule has 1 aliphatic rings. The van der Waals surface area contributed by atoms with Gasteiger partial charge in [0.2, 0.25) is 0 Å². The van der Waals surface area contributed by atoms with E-state index in [-0.39, 0.29) is 36.4 Å². The molecule has 2 rings (SSSR count). The van der Waals surface area contributed by atoms with Crippen LogP contribution in [0.4, 0.5) is 4.39 Å². The number of halogens is 3. The highest BCUT2D eigenvalue weighted by atomic mass is 35.5. The number of hydrogen-bond acceptors (Lipinski definition) is 3. The normalized spacial score (nSPS) is 16.0. The fourth-order valence-electron chi connectivity index (χ4n) is 2.48. The van der Waals surface area contributed by atoms with Crippen LogP contribution < -0.4 is 5.32 Å². The van der Waals surface area contributed by atoms with Crippen molar-refractivity contribution in [1.29, 1.82) is 5.26 Å². The van der Waals surface area contributed by atoms with Crippen molar-refractivity contribution in [1.82, 2.24) is 10.2 Å².